The maximum Gasteiger partial charge on any atom is 0.240 e. The van der Waals surface area contributed by atoms with Crippen molar-refractivity contribution in [2.45, 2.75) is 13.8 Å². The van der Waals surface area contributed by atoms with Crippen LogP contribution in [0.5, 0.6) is 5.75 Å². The summed E-state index contributed by atoms with van der Waals surface area (Å²) in [5, 5.41) is 13.9. The van der Waals surface area contributed by atoms with Crippen molar-refractivity contribution < 1.29 is 5.11 Å². The zero-order valence-corrected chi connectivity index (χ0v) is 10.8. The lowest BCUT2D eigenvalue weighted by Crippen LogP contribution is -1.91. The summed E-state index contributed by atoms with van der Waals surface area (Å²) < 4.78 is 1.65. The summed E-state index contributed by atoms with van der Waals surface area (Å²) in [6, 6.07) is 7.73. The van der Waals surface area contributed by atoms with Gasteiger partial charge in [-0.1, -0.05) is 0 Å². The van der Waals surface area contributed by atoms with E-state index >= 15 is 0 Å². The van der Waals surface area contributed by atoms with Crippen molar-refractivity contribution in [1.29, 1.82) is 0 Å². The third kappa shape index (κ3) is 1.89. The maximum absolute atomic E-state index is 9.81. The molecular formula is C14H14N4O. The number of aryl methyl sites for hydroxylation is 2. The molecule has 0 unspecified atom stereocenters. The minimum atomic E-state index is 0.259. The Balaban J connectivity index is 2.18. The summed E-state index contributed by atoms with van der Waals surface area (Å²) in [5.74, 6) is 0.602. The number of pyridine rings is 1. The van der Waals surface area contributed by atoms with E-state index in [2.05, 4.69) is 10.1 Å². The largest absolute Gasteiger partial charge is 0.507 e. The summed E-state index contributed by atoms with van der Waals surface area (Å²) in [7, 11) is 0. The van der Waals surface area contributed by atoms with Crippen LogP contribution < -0.4 is 5.73 Å². The zero-order chi connectivity index (χ0) is 13.6. The summed E-state index contributed by atoms with van der Waals surface area (Å²) in [4.78, 5) is 4.09. The molecule has 0 bridgehead atoms. The molecule has 0 atom stereocenters. The number of anilines is 1. The lowest BCUT2D eigenvalue weighted by molar-refractivity contribution is 0.467. The molecule has 0 aliphatic carbocycles. The molecule has 19 heavy (non-hydrogen) atoms. The molecule has 0 saturated heterocycles. The number of hydrogen-bond acceptors (Lipinski definition) is 4. The van der Waals surface area contributed by atoms with E-state index in [4.69, 9.17) is 5.73 Å². The van der Waals surface area contributed by atoms with E-state index in [9.17, 15) is 5.11 Å². The number of rotatable bonds is 1. The molecule has 0 amide bonds. The first-order chi connectivity index (χ1) is 9.04. The molecule has 0 saturated carbocycles. The number of phenols is 1. The van der Waals surface area contributed by atoms with Crippen molar-refractivity contribution in [3.05, 3.63) is 41.6 Å². The molecule has 0 aliphatic rings. The summed E-state index contributed by atoms with van der Waals surface area (Å²) >= 11 is 0. The maximum atomic E-state index is 9.81. The van der Waals surface area contributed by atoms with Gasteiger partial charge in [0.1, 0.15) is 5.75 Å². The van der Waals surface area contributed by atoms with Crippen LogP contribution in [-0.2, 0) is 0 Å². The minimum Gasteiger partial charge on any atom is -0.507 e. The number of phenolic OH excluding ortho intramolecular Hbond substituents is 1. The van der Waals surface area contributed by atoms with E-state index in [-0.39, 0.29) is 5.95 Å². The van der Waals surface area contributed by atoms with Crippen LogP contribution in [0.2, 0.25) is 0 Å². The Hall–Kier alpha value is -2.56. The van der Waals surface area contributed by atoms with Gasteiger partial charge in [-0.2, -0.15) is 4.98 Å². The van der Waals surface area contributed by atoms with Gasteiger partial charge in [0.05, 0.1) is 0 Å². The lowest BCUT2D eigenvalue weighted by Gasteiger charge is -2.08. The summed E-state index contributed by atoms with van der Waals surface area (Å²) in [5.41, 5.74) is 10.0. The molecule has 3 rings (SSSR count). The van der Waals surface area contributed by atoms with Gasteiger partial charge in [0.15, 0.2) is 5.65 Å². The van der Waals surface area contributed by atoms with Gasteiger partial charge in [0, 0.05) is 11.8 Å². The number of aromatic nitrogens is 3. The van der Waals surface area contributed by atoms with E-state index in [0.29, 0.717) is 11.4 Å². The molecule has 1 aromatic carbocycles. The monoisotopic (exact) mass is 254 g/mol. The molecule has 96 valence electrons. The van der Waals surface area contributed by atoms with Crippen LogP contribution in [-0.4, -0.2) is 19.7 Å². The van der Waals surface area contributed by atoms with Gasteiger partial charge in [0.25, 0.3) is 0 Å². The minimum absolute atomic E-state index is 0.259. The highest BCUT2D eigenvalue weighted by molar-refractivity contribution is 5.68. The number of nitrogen functional groups attached to an aromatic ring is 1. The van der Waals surface area contributed by atoms with Crippen molar-refractivity contribution in [3.63, 3.8) is 0 Å². The number of benzene rings is 1. The van der Waals surface area contributed by atoms with E-state index in [0.717, 1.165) is 22.3 Å². The third-order valence-corrected chi connectivity index (χ3v) is 3.17. The van der Waals surface area contributed by atoms with E-state index in [1.807, 2.05) is 44.3 Å². The fraction of sp³-hybridized carbons (Fsp3) is 0.143. The molecule has 2 aromatic heterocycles. The van der Waals surface area contributed by atoms with Crippen molar-refractivity contribution in [2.75, 3.05) is 5.73 Å². The Kier molecular flexibility index (Phi) is 2.41. The Bertz CT molecular complexity index is 753. The van der Waals surface area contributed by atoms with Gasteiger partial charge in [0.2, 0.25) is 5.95 Å². The molecule has 0 spiro atoms. The molecule has 0 fully saturated rings. The second-order valence-corrected chi connectivity index (χ2v) is 4.65. The molecule has 2 heterocycles. The van der Waals surface area contributed by atoms with Crippen molar-refractivity contribution >= 4 is 11.6 Å². The number of hydrogen-bond donors (Lipinski definition) is 2. The van der Waals surface area contributed by atoms with Crippen molar-refractivity contribution in [1.82, 2.24) is 14.6 Å². The quantitative estimate of drug-likeness (QED) is 0.698. The second kappa shape index (κ2) is 3.98. The van der Waals surface area contributed by atoms with Gasteiger partial charge in [-0.25, -0.2) is 4.52 Å². The predicted octanol–water partition coefficient (Wildman–Crippen LogP) is 2.30. The highest BCUT2D eigenvalue weighted by Crippen LogP contribution is 2.29. The lowest BCUT2D eigenvalue weighted by atomic mass is 10.0. The van der Waals surface area contributed by atoms with Gasteiger partial charge < -0.3 is 10.8 Å². The van der Waals surface area contributed by atoms with Gasteiger partial charge >= 0.3 is 0 Å². The molecule has 0 radical (unpaired) electrons. The van der Waals surface area contributed by atoms with Crippen LogP contribution >= 0.6 is 0 Å². The van der Waals surface area contributed by atoms with Crippen LogP contribution in [0.25, 0.3) is 16.8 Å². The number of nitrogens with zero attached hydrogens (tertiary/aromatic N) is 3. The predicted molar refractivity (Wildman–Crippen MR) is 74.0 cm³/mol. The smallest absolute Gasteiger partial charge is 0.240 e. The molecular weight excluding hydrogens is 240 g/mol. The van der Waals surface area contributed by atoms with Crippen LogP contribution in [0.4, 0.5) is 5.95 Å². The Morgan fingerprint density at radius 2 is 1.79 bits per heavy atom. The van der Waals surface area contributed by atoms with Crippen molar-refractivity contribution in [2.24, 2.45) is 0 Å². The van der Waals surface area contributed by atoms with Gasteiger partial charge in [-0.15, -0.1) is 5.10 Å². The van der Waals surface area contributed by atoms with E-state index in [1.54, 1.807) is 4.52 Å². The normalized spacial score (nSPS) is 11.1. The Morgan fingerprint density at radius 3 is 2.47 bits per heavy atom. The number of nitrogens with two attached hydrogens (primary N) is 1. The fourth-order valence-electron chi connectivity index (χ4n) is 2.19. The van der Waals surface area contributed by atoms with Gasteiger partial charge in [-0.05, 0) is 54.8 Å². The highest BCUT2D eigenvalue weighted by Gasteiger charge is 2.07. The Morgan fingerprint density at radius 1 is 1.11 bits per heavy atom. The zero-order valence-electron chi connectivity index (χ0n) is 10.8. The second-order valence-electron chi connectivity index (χ2n) is 4.65. The topological polar surface area (TPSA) is 76.4 Å². The Labute approximate surface area is 110 Å². The molecule has 5 heteroatoms. The number of aromatic hydroxyl groups is 1. The van der Waals surface area contributed by atoms with E-state index in [1.165, 1.54) is 0 Å². The van der Waals surface area contributed by atoms with Crippen LogP contribution in [0.15, 0.2) is 30.5 Å². The third-order valence-electron chi connectivity index (χ3n) is 3.17. The first-order valence-electron chi connectivity index (χ1n) is 5.97. The summed E-state index contributed by atoms with van der Waals surface area (Å²) in [6.07, 6.45) is 1.88. The molecule has 3 aromatic rings. The average Bonchev–Trinajstić information content (AvgIpc) is 2.74. The first kappa shape index (κ1) is 11.5. The average molecular weight is 254 g/mol. The van der Waals surface area contributed by atoms with Crippen LogP contribution in [0, 0.1) is 13.8 Å². The van der Waals surface area contributed by atoms with Crippen LogP contribution in [0.3, 0.4) is 0 Å². The van der Waals surface area contributed by atoms with Gasteiger partial charge in [-0.3, -0.25) is 0 Å². The number of fused-ring (bicyclic) bond motifs is 1. The summed E-state index contributed by atoms with van der Waals surface area (Å²) in [6.45, 7) is 3.77. The SMILES string of the molecule is Cc1cc(-c2ccc3nc(N)nn3c2)cc(C)c1O. The van der Waals surface area contributed by atoms with Crippen LogP contribution in [0.1, 0.15) is 11.1 Å². The van der Waals surface area contributed by atoms with Crippen molar-refractivity contribution in [3.8, 4) is 16.9 Å². The molecule has 3 N–H and O–H groups in total. The van der Waals surface area contributed by atoms with E-state index < -0.39 is 0 Å². The fourth-order valence-corrected chi connectivity index (χ4v) is 2.19. The molecule has 5 nitrogen and oxygen atoms in total. The molecule has 0 aliphatic heterocycles. The first-order valence-corrected chi connectivity index (χ1v) is 5.97. The highest BCUT2D eigenvalue weighted by atomic mass is 16.3. The standard InChI is InChI=1S/C14H14N4O/c1-8-5-11(6-9(2)13(8)19)10-3-4-12-16-14(15)17-18(12)7-10/h3-7,19H,1-2H3,(H2,15,17).